The number of para-hydroxylation sites is 1. The van der Waals surface area contributed by atoms with Crippen LogP contribution >= 0.6 is 0 Å². The van der Waals surface area contributed by atoms with Crippen molar-refractivity contribution in [2.75, 3.05) is 0 Å². The summed E-state index contributed by atoms with van der Waals surface area (Å²) in [6.45, 7) is 4.71. The van der Waals surface area contributed by atoms with E-state index in [-0.39, 0.29) is 12.3 Å². The van der Waals surface area contributed by atoms with Crippen LogP contribution in [-0.2, 0) is 20.8 Å². The molecule has 198 valence electrons. The Morgan fingerprint density at radius 1 is 1.00 bits per heavy atom. The van der Waals surface area contributed by atoms with E-state index < -0.39 is 54.0 Å². The summed E-state index contributed by atoms with van der Waals surface area (Å²) in [6, 6.07) is 11.1. The molecule has 2 aromatic carbocycles. The van der Waals surface area contributed by atoms with Gasteiger partial charge in [-0.15, -0.1) is 0 Å². The first-order valence-electron chi connectivity index (χ1n) is 12.6. The fourth-order valence-corrected chi connectivity index (χ4v) is 5.55. The summed E-state index contributed by atoms with van der Waals surface area (Å²) in [6.07, 6.45) is -1.08. The summed E-state index contributed by atoms with van der Waals surface area (Å²) in [5.74, 6) is -3.27. The molecule has 5 N–H and O–H groups in total. The van der Waals surface area contributed by atoms with Crippen molar-refractivity contribution < 1.29 is 29.4 Å². The van der Waals surface area contributed by atoms with E-state index in [2.05, 4.69) is 15.6 Å². The van der Waals surface area contributed by atoms with Crippen molar-refractivity contribution in [2.45, 2.75) is 57.5 Å². The van der Waals surface area contributed by atoms with Gasteiger partial charge in [0.1, 0.15) is 12.1 Å². The van der Waals surface area contributed by atoms with Crippen LogP contribution in [0.3, 0.4) is 0 Å². The molecule has 2 aliphatic rings. The van der Waals surface area contributed by atoms with Crippen molar-refractivity contribution in [3.05, 3.63) is 70.9 Å². The topological polar surface area (TPSA) is 152 Å². The second-order valence-corrected chi connectivity index (χ2v) is 10.3. The van der Waals surface area contributed by atoms with Crippen LogP contribution in [0.1, 0.15) is 54.0 Å². The Hall–Kier alpha value is -4.18. The van der Waals surface area contributed by atoms with Crippen LogP contribution in [0.25, 0.3) is 10.9 Å². The number of aliphatic carboxylic acids is 1. The molecule has 10 heteroatoms. The Kier molecular flexibility index (Phi) is 6.44. The lowest BCUT2D eigenvalue weighted by Crippen LogP contribution is -2.60. The molecule has 10 nitrogen and oxygen atoms in total. The van der Waals surface area contributed by atoms with E-state index in [1.165, 1.54) is 6.92 Å². The lowest BCUT2D eigenvalue weighted by atomic mass is 9.89. The van der Waals surface area contributed by atoms with Crippen molar-refractivity contribution in [3.8, 4) is 0 Å². The van der Waals surface area contributed by atoms with Gasteiger partial charge in [-0.1, -0.05) is 50.2 Å². The number of aliphatic hydroxyl groups is 1. The Morgan fingerprint density at radius 2 is 1.68 bits per heavy atom. The number of aliphatic hydroxyl groups excluding tert-OH is 1. The van der Waals surface area contributed by atoms with Crippen molar-refractivity contribution in [1.29, 1.82) is 0 Å². The maximum Gasteiger partial charge on any atom is 0.328 e. The summed E-state index contributed by atoms with van der Waals surface area (Å²) in [5, 5.41) is 25.2. The quantitative estimate of drug-likeness (QED) is 0.321. The van der Waals surface area contributed by atoms with Crippen molar-refractivity contribution >= 4 is 34.6 Å². The van der Waals surface area contributed by atoms with E-state index in [1.807, 2.05) is 36.4 Å². The number of amides is 3. The molecule has 0 fully saturated rings. The summed E-state index contributed by atoms with van der Waals surface area (Å²) >= 11 is 0. The number of carbonyl (C=O) groups is 4. The molecular weight excluding hydrogens is 488 g/mol. The first kappa shape index (κ1) is 25.5. The highest BCUT2D eigenvalue weighted by molar-refractivity contribution is 6.04. The van der Waals surface area contributed by atoms with E-state index in [0.29, 0.717) is 5.56 Å². The number of benzene rings is 2. The van der Waals surface area contributed by atoms with Gasteiger partial charge in [0.2, 0.25) is 11.8 Å². The molecule has 0 saturated carbocycles. The number of nitrogens with one attached hydrogen (secondary N) is 3. The molecule has 5 atom stereocenters. The zero-order valence-electron chi connectivity index (χ0n) is 21.3. The predicted molar refractivity (Wildman–Crippen MR) is 138 cm³/mol. The van der Waals surface area contributed by atoms with Gasteiger partial charge in [0, 0.05) is 28.6 Å². The molecule has 3 amide bonds. The van der Waals surface area contributed by atoms with Crippen molar-refractivity contribution in [3.63, 3.8) is 0 Å². The normalized spacial score (nSPS) is 20.3. The Labute approximate surface area is 219 Å². The first-order valence-corrected chi connectivity index (χ1v) is 12.6. The molecule has 0 saturated heterocycles. The third-order valence-corrected chi connectivity index (χ3v) is 7.45. The number of hydrogen-bond acceptors (Lipinski definition) is 5. The zero-order valence-corrected chi connectivity index (χ0v) is 21.3. The SMILES string of the molecule is CC(C)[C@H](NC(=O)[C@@H]1Cc2c([nH]c3ccccc23)[C@H]2c3ccccc3C(=O)N21)C(=O)N[C@H](C(=O)O)[C@@H](C)O. The number of H-pyrrole nitrogens is 1. The van der Waals surface area contributed by atoms with Crippen LogP contribution in [0.4, 0.5) is 0 Å². The molecule has 0 radical (unpaired) electrons. The second kappa shape index (κ2) is 9.60. The molecule has 3 aromatic rings. The average Bonchev–Trinajstić information content (AvgIpc) is 3.40. The van der Waals surface area contributed by atoms with Crippen LogP contribution in [0, 0.1) is 5.92 Å². The number of fused-ring (bicyclic) bond motifs is 7. The van der Waals surface area contributed by atoms with Gasteiger partial charge in [-0.05, 0) is 36.1 Å². The molecule has 5 rings (SSSR count). The molecule has 0 unspecified atom stereocenters. The van der Waals surface area contributed by atoms with Gasteiger partial charge < -0.3 is 30.7 Å². The van der Waals surface area contributed by atoms with Crippen molar-refractivity contribution in [2.24, 2.45) is 5.92 Å². The van der Waals surface area contributed by atoms with Gasteiger partial charge in [0.05, 0.1) is 12.1 Å². The van der Waals surface area contributed by atoms with Crippen LogP contribution in [0.15, 0.2) is 48.5 Å². The highest BCUT2D eigenvalue weighted by Gasteiger charge is 2.49. The van der Waals surface area contributed by atoms with E-state index in [4.69, 9.17) is 0 Å². The van der Waals surface area contributed by atoms with E-state index >= 15 is 0 Å². The lowest BCUT2D eigenvalue weighted by Gasteiger charge is -2.38. The number of rotatable bonds is 7. The number of aromatic nitrogens is 1. The number of carboxylic acids is 1. The molecular formula is C28H30N4O6. The maximum atomic E-state index is 13.8. The maximum absolute atomic E-state index is 13.8. The summed E-state index contributed by atoms with van der Waals surface area (Å²) in [7, 11) is 0. The van der Waals surface area contributed by atoms with Gasteiger partial charge in [0.15, 0.2) is 6.04 Å². The predicted octanol–water partition coefficient (Wildman–Crippen LogP) is 1.73. The monoisotopic (exact) mass is 518 g/mol. The summed E-state index contributed by atoms with van der Waals surface area (Å²) in [4.78, 5) is 57.0. The molecule has 0 aliphatic carbocycles. The van der Waals surface area contributed by atoms with E-state index in [0.717, 1.165) is 27.7 Å². The van der Waals surface area contributed by atoms with Gasteiger partial charge in [-0.3, -0.25) is 14.4 Å². The third kappa shape index (κ3) is 4.10. The van der Waals surface area contributed by atoms with Gasteiger partial charge >= 0.3 is 5.97 Å². The molecule has 0 bridgehead atoms. The van der Waals surface area contributed by atoms with Crippen LogP contribution < -0.4 is 10.6 Å². The van der Waals surface area contributed by atoms with Crippen LogP contribution in [0.2, 0.25) is 0 Å². The standard InChI is InChI=1S/C28H30N4O6/c1-13(2)21(26(35)31-22(14(3)33)28(37)38)30-25(34)20-12-18-15-8-6-7-11-19(15)29-23(18)24-16-9-4-5-10-17(16)27(36)32(20)24/h4-11,13-14,20-22,24,29,33H,12H2,1-3H3,(H,30,34)(H,31,35)(H,37,38)/t14-,20+,21+,22+,24-/m1/s1. The van der Waals surface area contributed by atoms with Crippen molar-refractivity contribution in [1.82, 2.24) is 20.5 Å². The molecule has 38 heavy (non-hydrogen) atoms. The van der Waals surface area contributed by atoms with E-state index in [9.17, 15) is 29.4 Å². The number of carbonyl (C=O) groups excluding carboxylic acids is 3. The third-order valence-electron chi connectivity index (χ3n) is 7.45. The fraction of sp³-hybridized carbons (Fsp3) is 0.357. The number of nitrogens with zero attached hydrogens (tertiary/aromatic N) is 1. The smallest absolute Gasteiger partial charge is 0.328 e. The highest BCUT2D eigenvalue weighted by atomic mass is 16.4. The molecule has 3 heterocycles. The summed E-state index contributed by atoms with van der Waals surface area (Å²) < 4.78 is 0. The number of aromatic amines is 1. The van der Waals surface area contributed by atoms with Crippen LogP contribution in [-0.4, -0.2) is 68.0 Å². The van der Waals surface area contributed by atoms with Gasteiger partial charge in [-0.25, -0.2) is 4.79 Å². The highest BCUT2D eigenvalue weighted by Crippen LogP contribution is 2.46. The zero-order chi connectivity index (χ0) is 27.3. The minimum atomic E-state index is -1.52. The lowest BCUT2D eigenvalue weighted by molar-refractivity contribution is -0.145. The summed E-state index contributed by atoms with van der Waals surface area (Å²) in [5.41, 5.74) is 4.06. The average molecular weight is 519 g/mol. The second-order valence-electron chi connectivity index (χ2n) is 10.3. The molecule has 0 spiro atoms. The minimum Gasteiger partial charge on any atom is -0.480 e. The molecule has 2 aliphatic heterocycles. The Morgan fingerprint density at radius 3 is 2.37 bits per heavy atom. The largest absolute Gasteiger partial charge is 0.480 e. The minimum absolute atomic E-state index is 0.249. The van der Waals surface area contributed by atoms with Crippen LogP contribution in [0.5, 0.6) is 0 Å². The first-order chi connectivity index (χ1) is 18.1. The number of hydrogen-bond donors (Lipinski definition) is 5. The van der Waals surface area contributed by atoms with E-state index in [1.54, 1.807) is 30.9 Å². The number of carboxylic acid groups (broad SMARTS) is 1. The van der Waals surface area contributed by atoms with Gasteiger partial charge in [-0.2, -0.15) is 0 Å². The molecule has 1 aromatic heterocycles. The Balaban J connectivity index is 1.50. The fourth-order valence-electron chi connectivity index (χ4n) is 5.55. The Bertz CT molecular complexity index is 1440. The van der Waals surface area contributed by atoms with Gasteiger partial charge in [0.25, 0.3) is 5.91 Å².